The van der Waals surface area contributed by atoms with Crippen molar-refractivity contribution < 1.29 is 28.6 Å². The first-order chi connectivity index (χ1) is 4.43. The van der Waals surface area contributed by atoms with Crippen molar-refractivity contribution in [3.63, 3.8) is 0 Å². The Hall–Kier alpha value is 0.750. The molecule has 0 saturated carbocycles. The van der Waals surface area contributed by atoms with Gasteiger partial charge in [0.1, 0.15) is 6.54 Å². The molecule has 0 aromatic rings. The van der Waals surface area contributed by atoms with Gasteiger partial charge in [-0.05, 0) is 0 Å². The van der Waals surface area contributed by atoms with Crippen molar-refractivity contribution >= 4 is 17.3 Å². The average molecular weight is 271 g/mol. The van der Waals surface area contributed by atoms with E-state index >= 15 is 0 Å². The van der Waals surface area contributed by atoms with Gasteiger partial charge in [0.15, 0.2) is 12.1 Å². The summed E-state index contributed by atoms with van der Waals surface area (Å²) in [5.41, 5.74) is 2.26. The molecule has 0 unspecified atom stereocenters. The maximum absolute atomic E-state index is 2.41. The highest BCUT2D eigenvalue weighted by Crippen LogP contribution is 2.03. The lowest BCUT2D eigenvalue weighted by Crippen LogP contribution is -3.00. The van der Waals surface area contributed by atoms with E-state index in [1.165, 1.54) is 31.7 Å². The van der Waals surface area contributed by atoms with Crippen LogP contribution >= 0.6 is 11.8 Å². The Kier molecular flexibility index (Phi) is 6.94. The maximum Gasteiger partial charge on any atom is 0.198 e. The highest BCUT2D eigenvalue weighted by molar-refractivity contribution is 8.12. The van der Waals surface area contributed by atoms with E-state index in [0.29, 0.717) is 0 Å². The first kappa shape index (κ1) is 10.8. The zero-order valence-corrected chi connectivity index (χ0v) is 9.32. The minimum Gasteiger partial charge on any atom is -1.00 e. The summed E-state index contributed by atoms with van der Waals surface area (Å²) >= 11 is 1.93. The van der Waals surface area contributed by atoms with Crippen molar-refractivity contribution in [3.05, 3.63) is 0 Å². The molecule has 1 rings (SSSR count). The summed E-state index contributed by atoms with van der Waals surface area (Å²) in [4.78, 5) is 0. The van der Waals surface area contributed by atoms with Gasteiger partial charge < -0.3 is 24.0 Å². The lowest BCUT2D eigenvalue weighted by Gasteiger charge is -1.92. The van der Waals surface area contributed by atoms with Gasteiger partial charge in [0.25, 0.3) is 0 Å². The molecule has 1 heterocycles. The Bertz CT molecular complexity index is 114. The highest BCUT2D eigenvalue weighted by atomic mass is 127. The Morgan fingerprint density at radius 2 is 2.40 bits per heavy atom. The van der Waals surface area contributed by atoms with Crippen LogP contribution in [0.4, 0.5) is 0 Å². The highest BCUT2D eigenvalue weighted by Gasteiger charge is 2.09. The van der Waals surface area contributed by atoms with Gasteiger partial charge in [0.2, 0.25) is 0 Å². The molecule has 0 radical (unpaired) electrons. The van der Waals surface area contributed by atoms with Gasteiger partial charge in [0.05, 0.1) is 5.75 Å². The van der Waals surface area contributed by atoms with Gasteiger partial charge in [-0.15, -0.1) is 0 Å². The van der Waals surface area contributed by atoms with Crippen LogP contribution in [0.25, 0.3) is 0 Å². The van der Waals surface area contributed by atoms with Gasteiger partial charge in [-0.25, -0.2) is 4.58 Å². The summed E-state index contributed by atoms with van der Waals surface area (Å²) < 4.78 is 2.41. The van der Waals surface area contributed by atoms with Crippen molar-refractivity contribution in [2.75, 3.05) is 18.8 Å². The summed E-state index contributed by atoms with van der Waals surface area (Å²) in [5.74, 6) is 1.30. The lowest BCUT2D eigenvalue weighted by atomic mass is 10.3. The number of rotatable bonds is 3. The largest absolute Gasteiger partial charge is 1.00 e. The number of hydrogen-bond acceptors (Lipinski definition) is 1. The maximum atomic E-state index is 2.41. The molecule has 0 spiro atoms. The standard InChI is InChI=1S/C7H14NS.HI/c1-2-3-4-8-5-6-9-7-8;/h7H,2-6H2,1H3;1H/q+1;/p-1. The third-order valence-corrected chi connectivity index (χ3v) is 2.38. The molecule has 0 amide bonds. The van der Waals surface area contributed by atoms with Crippen LogP contribution in [0.2, 0.25) is 0 Å². The molecule has 3 heteroatoms. The number of thioether (sulfide) groups is 1. The number of hydrogen-bond donors (Lipinski definition) is 0. The fraction of sp³-hybridized carbons (Fsp3) is 0.857. The summed E-state index contributed by atoms with van der Waals surface area (Å²) in [6, 6.07) is 0. The van der Waals surface area contributed by atoms with Crippen molar-refractivity contribution in [1.82, 2.24) is 0 Å². The SMILES string of the molecule is CCCC[N+]1=CSCC1.[I-]. The molecule has 0 saturated heterocycles. The summed E-state index contributed by atoms with van der Waals surface area (Å²) in [6.45, 7) is 4.78. The Morgan fingerprint density at radius 3 is 2.90 bits per heavy atom. The molecule has 0 atom stereocenters. The molecule has 60 valence electrons. The number of halogens is 1. The third kappa shape index (κ3) is 3.81. The molecule has 0 fully saturated rings. The van der Waals surface area contributed by atoms with Crippen LogP contribution in [0.3, 0.4) is 0 Å². The van der Waals surface area contributed by atoms with Crippen molar-refractivity contribution in [3.8, 4) is 0 Å². The quantitative estimate of drug-likeness (QED) is 0.450. The van der Waals surface area contributed by atoms with Crippen LogP contribution in [0.1, 0.15) is 19.8 Å². The fourth-order valence-corrected chi connectivity index (χ4v) is 1.77. The molecular weight excluding hydrogens is 257 g/mol. The Labute approximate surface area is 84.3 Å². The normalized spacial score (nSPS) is 16.3. The van der Waals surface area contributed by atoms with Crippen LogP contribution in [0, 0.1) is 0 Å². The Morgan fingerprint density at radius 1 is 1.60 bits per heavy atom. The van der Waals surface area contributed by atoms with Crippen molar-refractivity contribution in [1.29, 1.82) is 0 Å². The van der Waals surface area contributed by atoms with Crippen molar-refractivity contribution in [2.45, 2.75) is 19.8 Å². The molecular formula is C7H14INS. The van der Waals surface area contributed by atoms with Crippen LogP contribution in [-0.2, 0) is 0 Å². The van der Waals surface area contributed by atoms with E-state index in [9.17, 15) is 0 Å². The summed E-state index contributed by atoms with van der Waals surface area (Å²) in [5, 5.41) is 0. The minimum atomic E-state index is 0. The topological polar surface area (TPSA) is 3.01 Å². The van der Waals surface area contributed by atoms with Gasteiger partial charge in [-0.2, -0.15) is 0 Å². The van der Waals surface area contributed by atoms with Crippen LogP contribution in [0.15, 0.2) is 0 Å². The van der Waals surface area contributed by atoms with Gasteiger partial charge in [0, 0.05) is 6.42 Å². The number of nitrogens with zero attached hydrogens (tertiary/aromatic N) is 1. The average Bonchev–Trinajstić information content (AvgIpc) is 2.34. The molecule has 10 heavy (non-hydrogen) atoms. The van der Waals surface area contributed by atoms with E-state index in [1.54, 1.807) is 0 Å². The zero-order valence-electron chi connectivity index (χ0n) is 6.35. The van der Waals surface area contributed by atoms with Gasteiger partial charge in [-0.1, -0.05) is 25.1 Å². The van der Waals surface area contributed by atoms with Crippen LogP contribution < -0.4 is 24.0 Å². The second-order valence-electron chi connectivity index (χ2n) is 2.37. The predicted molar refractivity (Wildman–Crippen MR) is 43.4 cm³/mol. The van der Waals surface area contributed by atoms with E-state index in [2.05, 4.69) is 17.0 Å². The lowest BCUT2D eigenvalue weighted by molar-refractivity contribution is -0.514. The van der Waals surface area contributed by atoms with E-state index in [1.807, 2.05) is 11.8 Å². The molecule has 0 aromatic carbocycles. The minimum absolute atomic E-state index is 0. The number of unbranched alkanes of at least 4 members (excludes halogenated alkanes) is 1. The van der Waals surface area contributed by atoms with E-state index in [-0.39, 0.29) is 24.0 Å². The van der Waals surface area contributed by atoms with E-state index in [4.69, 9.17) is 0 Å². The summed E-state index contributed by atoms with van der Waals surface area (Å²) in [6.07, 6.45) is 2.66. The Balaban J connectivity index is 0.000000810. The van der Waals surface area contributed by atoms with Crippen LogP contribution in [0.5, 0.6) is 0 Å². The van der Waals surface area contributed by atoms with Gasteiger partial charge in [-0.3, -0.25) is 0 Å². The predicted octanol–water partition coefficient (Wildman–Crippen LogP) is -1.42. The molecule has 0 N–H and O–H groups in total. The molecule has 0 bridgehead atoms. The van der Waals surface area contributed by atoms with E-state index < -0.39 is 0 Å². The van der Waals surface area contributed by atoms with Gasteiger partial charge >= 0.3 is 0 Å². The molecule has 0 aromatic heterocycles. The first-order valence-electron chi connectivity index (χ1n) is 3.62. The first-order valence-corrected chi connectivity index (χ1v) is 4.67. The molecule has 0 aliphatic carbocycles. The molecule has 1 nitrogen and oxygen atoms in total. The second-order valence-corrected chi connectivity index (χ2v) is 3.32. The smallest absolute Gasteiger partial charge is 0.198 e. The zero-order chi connectivity index (χ0) is 6.53. The van der Waals surface area contributed by atoms with Crippen LogP contribution in [-0.4, -0.2) is 29.0 Å². The summed E-state index contributed by atoms with van der Waals surface area (Å²) in [7, 11) is 0. The fourth-order valence-electron chi connectivity index (χ4n) is 0.906. The monoisotopic (exact) mass is 271 g/mol. The van der Waals surface area contributed by atoms with E-state index in [0.717, 1.165) is 0 Å². The second kappa shape index (κ2) is 6.46. The molecule has 1 aliphatic heterocycles. The van der Waals surface area contributed by atoms with Crippen molar-refractivity contribution in [2.24, 2.45) is 0 Å². The molecule has 1 aliphatic rings. The third-order valence-electron chi connectivity index (χ3n) is 1.52.